The lowest BCUT2D eigenvalue weighted by Gasteiger charge is -2.18. The third-order valence-electron chi connectivity index (χ3n) is 3.01. The van der Waals surface area contributed by atoms with E-state index >= 15 is 0 Å². The van der Waals surface area contributed by atoms with Gasteiger partial charge in [0.05, 0.1) is 0 Å². The number of para-hydroxylation sites is 1. The molecule has 5 heteroatoms. The number of azide groups is 1. The van der Waals surface area contributed by atoms with Gasteiger partial charge >= 0.3 is 0 Å². The Bertz CT molecular complexity index is 479. The molecule has 5 nitrogen and oxygen atoms in total. The fourth-order valence-electron chi connectivity index (χ4n) is 2.15. The zero-order valence-electron chi connectivity index (χ0n) is 9.71. The number of anilines is 1. The number of hydrogen-bond acceptors (Lipinski definition) is 2. The van der Waals surface area contributed by atoms with E-state index in [1.165, 1.54) is 0 Å². The van der Waals surface area contributed by atoms with Crippen molar-refractivity contribution in [3.8, 4) is 0 Å². The molecule has 1 aliphatic heterocycles. The lowest BCUT2D eigenvalue weighted by atomic mass is 10.1. The molecule has 1 aromatic rings. The summed E-state index contributed by atoms with van der Waals surface area (Å²) in [5.74, 6) is 0.246. The van der Waals surface area contributed by atoms with Crippen molar-refractivity contribution in [3.05, 3.63) is 40.3 Å². The van der Waals surface area contributed by atoms with Gasteiger partial charge in [0.15, 0.2) is 0 Å². The van der Waals surface area contributed by atoms with E-state index in [0.29, 0.717) is 19.5 Å². The zero-order chi connectivity index (χ0) is 12.3. The van der Waals surface area contributed by atoms with Crippen molar-refractivity contribution < 1.29 is 4.79 Å². The maximum absolute atomic E-state index is 11.9. The fraction of sp³-hybridized carbons (Fsp3) is 0.417. The maximum atomic E-state index is 11.9. The van der Waals surface area contributed by atoms with Crippen molar-refractivity contribution in [2.24, 2.45) is 11.0 Å². The highest BCUT2D eigenvalue weighted by Crippen LogP contribution is 2.27. The molecule has 1 heterocycles. The molecule has 1 fully saturated rings. The molecule has 0 spiro atoms. The maximum Gasteiger partial charge on any atom is 0.227 e. The summed E-state index contributed by atoms with van der Waals surface area (Å²) in [6.45, 7) is 3.02. The molecule has 1 saturated heterocycles. The minimum atomic E-state index is 0.109. The van der Waals surface area contributed by atoms with E-state index in [-0.39, 0.29) is 11.8 Å². The predicted octanol–water partition coefficient (Wildman–Crippen LogP) is 2.66. The van der Waals surface area contributed by atoms with E-state index in [2.05, 4.69) is 10.0 Å². The fourth-order valence-corrected chi connectivity index (χ4v) is 2.15. The van der Waals surface area contributed by atoms with Crippen molar-refractivity contribution in [1.82, 2.24) is 0 Å². The second-order valence-corrected chi connectivity index (χ2v) is 4.27. The van der Waals surface area contributed by atoms with Crippen LogP contribution in [0.15, 0.2) is 29.4 Å². The number of rotatable bonds is 3. The molecule has 1 atom stereocenters. The molecule has 0 bridgehead atoms. The molecule has 2 rings (SSSR count). The van der Waals surface area contributed by atoms with E-state index in [1.54, 1.807) is 4.90 Å². The van der Waals surface area contributed by atoms with E-state index in [1.807, 2.05) is 31.2 Å². The first-order valence-electron chi connectivity index (χ1n) is 5.59. The molecular weight excluding hydrogens is 216 g/mol. The second-order valence-electron chi connectivity index (χ2n) is 4.27. The largest absolute Gasteiger partial charge is 0.312 e. The van der Waals surface area contributed by atoms with Gasteiger partial charge in [0, 0.05) is 30.1 Å². The van der Waals surface area contributed by atoms with Gasteiger partial charge in [0.2, 0.25) is 5.91 Å². The van der Waals surface area contributed by atoms with Crippen LogP contribution in [0.25, 0.3) is 10.4 Å². The number of carbonyl (C=O) groups is 1. The summed E-state index contributed by atoms with van der Waals surface area (Å²) in [6, 6.07) is 7.82. The normalized spacial score (nSPS) is 19.2. The summed E-state index contributed by atoms with van der Waals surface area (Å²) < 4.78 is 0. The molecule has 1 aromatic carbocycles. The number of hydrogen-bond donors (Lipinski definition) is 0. The Kier molecular flexibility index (Phi) is 3.30. The molecule has 17 heavy (non-hydrogen) atoms. The molecular formula is C12H14N4O. The number of amides is 1. The van der Waals surface area contributed by atoms with Gasteiger partial charge in [-0.1, -0.05) is 23.3 Å². The third-order valence-corrected chi connectivity index (χ3v) is 3.01. The van der Waals surface area contributed by atoms with E-state index in [9.17, 15) is 4.79 Å². The first-order valence-corrected chi connectivity index (χ1v) is 5.59. The van der Waals surface area contributed by atoms with Crippen LogP contribution in [0.2, 0.25) is 0 Å². The van der Waals surface area contributed by atoms with Crippen LogP contribution in [0, 0.1) is 12.8 Å². The van der Waals surface area contributed by atoms with Crippen LogP contribution in [0.3, 0.4) is 0 Å². The van der Waals surface area contributed by atoms with Crippen LogP contribution in [-0.4, -0.2) is 19.0 Å². The lowest BCUT2D eigenvalue weighted by Crippen LogP contribution is -2.25. The van der Waals surface area contributed by atoms with Gasteiger partial charge in [0.25, 0.3) is 0 Å². The van der Waals surface area contributed by atoms with Gasteiger partial charge in [-0.05, 0) is 30.0 Å². The second kappa shape index (κ2) is 4.89. The first-order chi connectivity index (χ1) is 8.22. The van der Waals surface area contributed by atoms with Crippen LogP contribution in [-0.2, 0) is 4.79 Å². The van der Waals surface area contributed by atoms with Gasteiger partial charge in [0.1, 0.15) is 0 Å². The Morgan fingerprint density at radius 1 is 1.53 bits per heavy atom. The summed E-state index contributed by atoms with van der Waals surface area (Å²) >= 11 is 0. The van der Waals surface area contributed by atoms with Crippen molar-refractivity contribution in [2.45, 2.75) is 13.3 Å². The number of benzene rings is 1. The molecule has 1 aliphatic rings. The number of aryl methyl sites for hydroxylation is 1. The average molecular weight is 230 g/mol. The molecule has 88 valence electrons. The van der Waals surface area contributed by atoms with Gasteiger partial charge in [-0.3, -0.25) is 4.79 Å². The quantitative estimate of drug-likeness (QED) is 0.447. The summed E-state index contributed by atoms with van der Waals surface area (Å²) in [6.07, 6.45) is 0.466. The van der Waals surface area contributed by atoms with Crippen LogP contribution in [0.5, 0.6) is 0 Å². The summed E-state index contributed by atoms with van der Waals surface area (Å²) in [7, 11) is 0. The minimum Gasteiger partial charge on any atom is -0.312 e. The highest BCUT2D eigenvalue weighted by molar-refractivity contribution is 5.96. The smallest absolute Gasteiger partial charge is 0.227 e. The molecule has 0 saturated carbocycles. The van der Waals surface area contributed by atoms with Gasteiger partial charge in [-0.25, -0.2) is 0 Å². The van der Waals surface area contributed by atoms with E-state index in [4.69, 9.17) is 5.53 Å². The van der Waals surface area contributed by atoms with Crippen molar-refractivity contribution in [2.75, 3.05) is 18.0 Å². The van der Waals surface area contributed by atoms with Gasteiger partial charge in [-0.2, -0.15) is 0 Å². The molecule has 1 unspecified atom stereocenters. The lowest BCUT2D eigenvalue weighted by molar-refractivity contribution is -0.117. The van der Waals surface area contributed by atoms with E-state index < -0.39 is 0 Å². The SMILES string of the molecule is Cc1ccccc1N1CC(CN=[N+]=[N-])CC1=O. The molecule has 0 radical (unpaired) electrons. The molecule has 0 aliphatic carbocycles. The number of carbonyl (C=O) groups excluding carboxylic acids is 1. The van der Waals surface area contributed by atoms with Crippen molar-refractivity contribution in [3.63, 3.8) is 0 Å². The van der Waals surface area contributed by atoms with Crippen LogP contribution in [0.4, 0.5) is 5.69 Å². The minimum absolute atomic E-state index is 0.109. The monoisotopic (exact) mass is 230 g/mol. The Hall–Kier alpha value is -2.00. The molecule has 0 aromatic heterocycles. The van der Waals surface area contributed by atoms with E-state index in [0.717, 1.165) is 11.3 Å². The Balaban J connectivity index is 2.16. The molecule has 1 amide bonds. The van der Waals surface area contributed by atoms with Gasteiger partial charge < -0.3 is 4.90 Å². The molecule has 0 N–H and O–H groups in total. The third kappa shape index (κ3) is 2.40. The summed E-state index contributed by atoms with van der Waals surface area (Å²) in [4.78, 5) is 16.4. The average Bonchev–Trinajstić information content (AvgIpc) is 2.68. The van der Waals surface area contributed by atoms with Crippen LogP contribution < -0.4 is 4.90 Å². The van der Waals surface area contributed by atoms with Gasteiger partial charge in [-0.15, -0.1) is 0 Å². The Morgan fingerprint density at radius 2 is 2.29 bits per heavy atom. The zero-order valence-corrected chi connectivity index (χ0v) is 9.71. The van der Waals surface area contributed by atoms with Crippen molar-refractivity contribution in [1.29, 1.82) is 0 Å². The number of nitrogens with zero attached hydrogens (tertiary/aromatic N) is 4. The van der Waals surface area contributed by atoms with Crippen molar-refractivity contribution >= 4 is 11.6 Å². The van der Waals surface area contributed by atoms with Crippen LogP contribution in [0.1, 0.15) is 12.0 Å². The Labute approximate surface area is 99.7 Å². The Morgan fingerprint density at radius 3 is 3.00 bits per heavy atom. The standard InChI is InChI=1S/C12H14N4O/c1-9-4-2-3-5-11(9)16-8-10(6-12(16)17)7-14-15-13/h2-5,10H,6-8H2,1H3. The van der Waals surface area contributed by atoms with Crippen LogP contribution >= 0.6 is 0 Å². The topological polar surface area (TPSA) is 69.1 Å². The summed E-state index contributed by atoms with van der Waals surface area (Å²) in [5, 5.41) is 3.54. The highest BCUT2D eigenvalue weighted by Gasteiger charge is 2.30. The first kappa shape index (κ1) is 11.5. The highest BCUT2D eigenvalue weighted by atomic mass is 16.2. The summed E-state index contributed by atoms with van der Waals surface area (Å²) in [5.41, 5.74) is 10.3. The predicted molar refractivity (Wildman–Crippen MR) is 65.7 cm³/mol.